The van der Waals surface area contributed by atoms with E-state index in [0.29, 0.717) is 29.6 Å². The topological polar surface area (TPSA) is 56.5 Å². The number of carbonyl (C=O) groups excluding carboxylic acids is 1. The number of ether oxygens (including phenoxy) is 1. The van der Waals surface area contributed by atoms with E-state index in [9.17, 15) is 9.59 Å². The molecule has 1 aromatic heterocycles. The number of rotatable bonds is 6. The van der Waals surface area contributed by atoms with Crippen molar-refractivity contribution in [3.8, 4) is 5.75 Å². The van der Waals surface area contributed by atoms with Crippen LogP contribution in [0.3, 0.4) is 0 Å². The Kier molecular flexibility index (Phi) is 6.07. The van der Waals surface area contributed by atoms with E-state index in [1.807, 2.05) is 12.1 Å². The first-order valence-corrected chi connectivity index (χ1v) is 10.1. The van der Waals surface area contributed by atoms with Gasteiger partial charge in [0.2, 0.25) is 0 Å². The highest BCUT2D eigenvalue weighted by atomic mass is 16.5. The van der Waals surface area contributed by atoms with E-state index in [-0.39, 0.29) is 17.0 Å². The largest absolute Gasteiger partial charge is 0.489 e. The Balaban J connectivity index is 1.57. The summed E-state index contributed by atoms with van der Waals surface area (Å²) >= 11 is 0. The van der Waals surface area contributed by atoms with Crippen LogP contribution in [-0.2, 0) is 4.79 Å². The van der Waals surface area contributed by atoms with Gasteiger partial charge in [-0.2, -0.15) is 0 Å². The molecule has 0 saturated heterocycles. The highest BCUT2D eigenvalue weighted by Crippen LogP contribution is 2.47. The van der Waals surface area contributed by atoms with Crippen LogP contribution in [-0.4, -0.2) is 12.4 Å². The summed E-state index contributed by atoms with van der Waals surface area (Å²) in [6.07, 6.45) is 5.81. The zero-order valence-electron chi connectivity index (χ0n) is 17.3. The predicted octanol–water partition coefficient (Wildman–Crippen LogP) is 5.54. The van der Waals surface area contributed by atoms with Crippen LogP contribution in [0.4, 0.5) is 0 Å². The zero-order chi connectivity index (χ0) is 20.3. The van der Waals surface area contributed by atoms with Gasteiger partial charge in [0.1, 0.15) is 23.7 Å². The Morgan fingerprint density at radius 2 is 2.00 bits per heavy atom. The molecule has 0 amide bonds. The maximum absolute atomic E-state index is 12.2. The molecule has 1 aliphatic rings. The van der Waals surface area contributed by atoms with Crippen LogP contribution in [0.5, 0.6) is 5.75 Å². The van der Waals surface area contributed by atoms with Crippen molar-refractivity contribution in [1.82, 2.24) is 0 Å². The normalized spacial score (nSPS) is 25.9. The molecule has 1 heterocycles. The highest BCUT2D eigenvalue weighted by molar-refractivity contribution is 5.82. The van der Waals surface area contributed by atoms with Crippen molar-refractivity contribution in [2.24, 2.45) is 17.3 Å². The standard InChI is InChI=1S/C24H30O4/c1-16(11-13-24(4)17(2)5-9-21(25)18(24)3)12-14-27-20-8-6-19-7-10-23(26)28-22(19)15-20/h6-8,10,12,15,17-18H,5,9,11,13-14H2,1-4H3/t17-,18+,24+/m0/s1. The number of Topliss-reactive ketones (excluding diaryl/α,β-unsaturated/α-hetero) is 1. The predicted molar refractivity (Wildman–Crippen MR) is 112 cm³/mol. The number of allylic oxidation sites excluding steroid dienone is 1. The fraction of sp³-hybridized carbons (Fsp3) is 0.500. The molecule has 28 heavy (non-hydrogen) atoms. The number of carbonyl (C=O) groups is 1. The van der Waals surface area contributed by atoms with Crippen molar-refractivity contribution in [3.63, 3.8) is 0 Å². The molecule has 0 aliphatic heterocycles. The first-order valence-electron chi connectivity index (χ1n) is 10.1. The number of ketones is 1. The van der Waals surface area contributed by atoms with Gasteiger partial charge in [-0.05, 0) is 61.8 Å². The lowest BCUT2D eigenvalue weighted by Gasteiger charge is -2.44. The van der Waals surface area contributed by atoms with Gasteiger partial charge in [-0.15, -0.1) is 0 Å². The summed E-state index contributed by atoms with van der Waals surface area (Å²) in [5, 5.41) is 0.872. The molecular weight excluding hydrogens is 352 g/mol. The van der Waals surface area contributed by atoms with Crippen LogP contribution in [0.15, 0.2) is 51.2 Å². The van der Waals surface area contributed by atoms with Gasteiger partial charge in [-0.25, -0.2) is 4.79 Å². The zero-order valence-corrected chi connectivity index (χ0v) is 17.3. The van der Waals surface area contributed by atoms with Crippen molar-refractivity contribution < 1.29 is 13.9 Å². The second-order valence-corrected chi connectivity index (χ2v) is 8.45. The summed E-state index contributed by atoms with van der Waals surface area (Å²) in [7, 11) is 0. The molecule has 1 aliphatic carbocycles. The lowest BCUT2D eigenvalue weighted by Crippen LogP contribution is -2.41. The molecule has 4 heteroatoms. The Morgan fingerprint density at radius 1 is 1.25 bits per heavy atom. The van der Waals surface area contributed by atoms with E-state index < -0.39 is 0 Å². The Morgan fingerprint density at radius 3 is 2.79 bits per heavy atom. The van der Waals surface area contributed by atoms with E-state index in [1.54, 1.807) is 12.1 Å². The highest BCUT2D eigenvalue weighted by Gasteiger charge is 2.42. The summed E-state index contributed by atoms with van der Waals surface area (Å²) < 4.78 is 11.0. The van der Waals surface area contributed by atoms with Crippen molar-refractivity contribution in [1.29, 1.82) is 0 Å². The third-order valence-corrected chi connectivity index (χ3v) is 6.76. The Bertz CT molecular complexity index is 939. The quantitative estimate of drug-likeness (QED) is 0.486. The van der Waals surface area contributed by atoms with Crippen LogP contribution < -0.4 is 10.4 Å². The van der Waals surface area contributed by atoms with Gasteiger partial charge in [0, 0.05) is 29.9 Å². The minimum absolute atomic E-state index is 0.0706. The monoisotopic (exact) mass is 382 g/mol. The molecule has 0 radical (unpaired) electrons. The van der Waals surface area contributed by atoms with Crippen LogP contribution in [0, 0.1) is 17.3 Å². The van der Waals surface area contributed by atoms with Crippen LogP contribution in [0.2, 0.25) is 0 Å². The van der Waals surface area contributed by atoms with Gasteiger partial charge in [0.25, 0.3) is 0 Å². The summed E-state index contributed by atoms with van der Waals surface area (Å²) in [6, 6.07) is 8.67. The maximum atomic E-state index is 12.2. The fourth-order valence-electron chi connectivity index (χ4n) is 4.14. The molecule has 2 aromatic rings. The van der Waals surface area contributed by atoms with Crippen LogP contribution in [0.1, 0.15) is 53.4 Å². The first kappa shape index (κ1) is 20.4. The van der Waals surface area contributed by atoms with Gasteiger partial charge in [0.05, 0.1) is 0 Å². The minimum atomic E-state index is -0.362. The van der Waals surface area contributed by atoms with Crippen molar-refractivity contribution in [2.75, 3.05) is 6.61 Å². The second-order valence-electron chi connectivity index (χ2n) is 8.45. The molecule has 0 bridgehead atoms. The summed E-state index contributed by atoms with van der Waals surface area (Å²) in [4.78, 5) is 23.5. The third-order valence-electron chi connectivity index (χ3n) is 6.76. The van der Waals surface area contributed by atoms with E-state index in [4.69, 9.17) is 9.15 Å². The third kappa shape index (κ3) is 4.37. The van der Waals surface area contributed by atoms with Gasteiger partial charge < -0.3 is 9.15 Å². The molecule has 1 saturated carbocycles. The van der Waals surface area contributed by atoms with E-state index in [1.165, 1.54) is 11.6 Å². The number of hydrogen-bond acceptors (Lipinski definition) is 4. The van der Waals surface area contributed by atoms with Crippen LogP contribution in [0.25, 0.3) is 11.0 Å². The molecule has 0 N–H and O–H groups in total. The molecule has 4 nitrogen and oxygen atoms in total. The number of benzene rings is 1. The summed E-state index contributed by atoms with van der Waals surface area (Å²) in [5.41, 5.74) is 1.51. The Hall–Kier alpha value is -2.36. The lowest BCUT2D eigenvalue weighted by molar-refractivity contribution is -0.132. The van der Waals surface area contributed by atoms with E-state index in [2.05, 4.69) is 33.8 Å². The average molecular weight is 383 g/mol. The molecule has 3 rings (SSSR count). The van der Waals surface area contributed by atoms with Gasteiger partial charge in [-0.1, -0.05) is 26.3 Å². The number of hydrogen-bond donors (Lipinski definition) is 0. The number of fused-ring (bicyclic) bond motifs is 1. The molecule has 0 spiro atoms. The smallest absolute Gasteiger partial charge is 0.336 e. The molecular formula is C24H30O4. The van der Waals surface area contributed by atoms with Gasteiger partial charge in [-0.3, -0.25) is 4.79 Å². The fourth-order valence-corrected chi connectivity index (χ4v) is 4.14. The van der Waals surface area contributed by atoms with Gasteiger partial charge >= 0.3 is 5.63 Å². The summed E-state index contributed by atoms with van der Waals surface area (Å²) in [5.74, 6) is 1.79. The molecule has 1 aromatic carbocycles. The van der Waals surface area contributed by atoms with Crippen LogP contribution >= 0.6 is 0 Å². The summed E-state index contributed by atoms with van der Waals surface area (Å²) in [6.45, 7) is 9.23. The molecule has 0 unspecified atom stereocenters. The maximum Gasteiger partial charge on any atom is 0.336 e. The SMILES string of the molecule is CC(=CCOc1ccc2ccc(=O)oc2c1)CC[C@@]1(C)[C@H](C)C(=O)CC[C@@H]1C. The van der Waals surface area contributed by atoms with Gasteiger partial charge in [0.15, 0.2) is 0 Å². The average Bonchev–Trinajstić information content (AvgIpc) is 2.68. The molecule has 3 atom stereocenters. The Labute approximate surface area is 166 Å². The lowest BCUT2D eigenvalue weighted by atomic mass is 9.59. The molecule has 1 fully saturated rings. The van der Waals surface area contributed by atoms with Crippen molar-refractivity contribution >= 4 is 16.8 Å². The van der Waals surface area contributed by atoms with E-state index >= 15 is 0 Å². The first-order chi connectivity index (χ1) is 13.3. The molecule has 150 valence electrons. The second kappa shape index (κ2) is 8.34. The van der Waals surface area contributed by atoms with Crippen molar-refractivity contribution in [2.45, 2.75) is 53.4 Å². The van der Waals surface area contributed by atoms with E-state index in [0.717, 1.165) is 31.1 Å². The minimum Gasteiger partial charge on any atom is -0.489 e. The van der Waals surface area contributed by atoms with Crippen molar-refractivity contribution in [3.05, 3.63) is 52.4 Å².